The van der Waals surface area contributed by atoms with Gasteiger partial charge in [0.15, 0.2) is 5.13 Å². The number of imide groups is 1. The van der Waals surface area contributed by atoms with Gasteiger partial charge in [0.05, 0.1) is 11.8 Å². The molecule has 0 saturated carbocycles. The third-order valence-electron chi connectivity index (χ3n) is 3.48. The van der Waals surface area contributed by atoms with Gasteiger partial charge in [0.2, 0.25) is 11.8 Å². The SMILES string of the molecule is C[C@@H]1C=CC[C@@H]2C(=O)N(c3nccs3)C(=O)[C@H]12. The van der Waals surface area contributed by atoms with E-state index in [0.29, 0.717) is 11.6 Å². The maximum absolute atomic E-state index is 12.3. The molecule has 0 spiro atoms. The van der Waals surface area contributed by atoms with Crippen LogP contribution in [0.5, 0.6) is 0 Å². The number of allylic oxidation sites excluding steroid dienone is 2. The highest BCUT2D eigenvalue weighted by molar-refractivity contribution is 7.14. The first-order valence-corrected chi connectivity index (χ1v) is 6.52. The Balaban J connectivity index is 2.00. The van der Waals surface area contributed by atoms with Crippen molar-refractivity contribution in [3.63, 3.8) is 0 Å². The van der Waals surface area contributed by atoms with Gasteiger partial charge >= 0.3 is 0 Å². The largest absolute Gasteiger partial charge is 0.274 e. The molecule has 88 valence electrons. The summed E-state index contributed by atoms with van der Waals surface area (Å²) in [6.45, 7) is 1.99. The first-order chi connectivity index (χ1) is 8.20. The highest BCUT2D eigenvalue weighted by atomic mass is 32.1. The molecule has 0 bridgehead atoms. The highest BCUT2D eigenvalue weighted by Crippen LogP contribution is 2.40. The van der Waals surface area contributed by atoms with Crippen LogP contribution in [0.15, 0.2) is 23.7 Å². The topological polar surface area (TPSA) is 50.3 Å². The summed E-state index contributed by atoms with van der Waals surface area (Å²) in [6.07, 6.45) is 6.31. The fourth-order valence-corrected chi connectivity index (χ4v) is 3.31. The van der Waals surface area contributed by atoms with E-state index in [1.165, 1.54) is 16.2 Å². The van der Waals surface area contributed by atoms with Crippen LogP contribution in [-0.2, 0) is 9.59 Å². The summed E-state index contributed by atoms with van der Waals surface area (Å²) in [7, 11) is 0. The van der Waals surface area contributed by atoms with Crippen LogP contribution in [-0.4, -0.2) is 16.8 Å². The van der Waals surface area contributed by atoms with Gasteiger partial charge in [0.25, 0.3) is 0 Å². The monoisotopic (exact) mass is 248 g/mol. The summed E-state index contributed by atoms with van der Waals surface area (Å²) in [5, 5.41) is 2.28. The molecule has 0 radical (unpaired) electrons. The Labute approximate surface area is 103 Å². The molecule has 1 aliphatic carbocycles. The predicted molar refractivity (Wildman–Crippen MR) is 64.5 cm³/mol. The van der Waals surface area contributed by atoms with Crippen molar-refractivity contribution in [3.05, 3.63) is 23.7 Å². The quantitative estimate of drug-likeness (QED) is 0.563. The summed E-state index contributed by atoms with van der Waals surface area (Å²) < 4.78 is 0. The van der Waals surface area contributed by atoms with Gasteiger partial charge in [-0.05, 0) is 12.3 Å². The molecule has 0 N–H and O–H groups in total. The number of nitrogens with zero attached hydrogens (tertiary/aromatic N) is 2. The fraction of sp³-hybridized carbons (Fsp3) is 0.417. The molecule has 1 saturated heterocycles. The van der Waals surface area contributed by atoms with E-state index in [4.69, 9.17) is 0 Å². The maximum Gasteiger partial charge on any atom is 0.240 e. The lowest BCUT2D eigenvalue weighted by Crippen LogP contribution is -2.31. The Morgan fingerprint density at radius 3 is 2.88 bits per heavy atom. The average molecular weight is 248 g/mol. The van der Waals surface area contributed by atoms with Gasteiger partial charge in [0, 0.05) is 11.6 Å². The normalized spacial score (nSPS) is 32.1. The van der Waals surface area contributed by atoms with E-state index in [2.05, 4.69) is 4.98 Å². The van der Waals surface area contributed by atoms with E-state index in [0.717, 1.165) is 0 Å². The second-order valence-corrected chi connectivity index (χ2v) is 5.35. The van der Waals surface area contributed by atoms with Crippen molar-refractivity contribution in [2.24, 2.45) is 17.8 Å². The van der Waals surface area contributed by atoms with Crippen molar-refractivity contribution in [1.82, 2.24) is 4.98 Å². The van der Waals surface area contributed by atoms with E-state index >= 15 is 0 Å². The summed E-state index contributed by atoms with van der Waals surface area (Å²) in [5.41, 5.74) is 0. The number of rotatable bonds is 1. The summed E-state index contributed by atoms with van der Waals surface area (Å²) in [4.78, 5) is 29.9. The van der Waals surface area contributed by atoms with E-state index in [1.807, 2.05) is 19.1 Å². The van der Waals surface area contributed by atoms with Crippen LogP contribution in [0.1, 0.15) is 13.3 Å². The Morgan fingerprint density at radius 2 is 2.24 bits per heavy atom. The van der Waals surface area contributed by atoms with Crippen molar-refractivity contribution in [2.45, 2.75) is 13.3 Å². The lowest BCUT2D eigenvalue weighted by molar-refractivity contribution is -0.122. The maximum atomic E-state index is 12.3. The van der Waals surface area contributed by atoms with Crippen LogP contribution in [0.2, 0.25) is 0 Å². The second kappa shape index (κ2) is 3.77. The Bertz CT molecular complexity index is 495. The molecule has 3 rings (SSSR count). The molecule has 0 unspecified atom stereocenters. The second-order valence-electron chi connectivity index (χ2n) is 4.48. The van der Waals surface area contributed by atoms with Crippen LogP contribution < -0.4 is 4.90 Å². The zero-order valence-electron chi connectivity index (χ0n) is 9.37. The molecule has 0 aromatic carbocycles. The van der Waals surface area contributed by atoms with Crippen molar-refractivity contribution in [1.29, 1.82) is 0 Å². The molecule has 17 heavy (non-hydrogen) atoms. The molecule has 5 heteroatoms. The number of fused-ring (bicyclic) bond motifs is 1. The molecular weight excluding hydrogens is 236 g/mol. The van der Waals surface area contributed by atoms with Crippen LogP contribution in [0.4, 0.5) is 5.13 Å². The number of aromatic nitrogens is 1. The average Bonchev–Trinajstić information content (AvgIpc) is 2.88. The molecule has 2 heterocycles. The Hall–Kier alpha value is -1.49. The van der Waals surface area contributed by atoms with Crippen molar-refractivity contribution >= 4 is 28.3 Å². The Kier molecular flexibility index (Phi) is 2.36. The number of hydrogen-bond donors (Lipinski definition) is 0. The van der Waals surface area contributed by atoms with E-state index in [-0.39, 0.29) is 29.6 Å². The van der Waals surface area contributed by atoms with Crippen molar-refractivity contribution < 1.29 is 9.59 Å². The Morgan fingerprint density at radius 1 is 1.41 bits per heavy atom. The third kappa shape index (κ3) is 1.45. The zero-order chi connectivity index (χ0) is 12.0. The number of carbonyl (C=O) groups excluding carboxylic acids is 2. The molecule has 4 nitrogen and oxygen atoms in total. The van der Waals surface area contributed by atoms with Gasteiger partial charge in [-0.1, -0.05) is 19.1 Å². The molecular formula is C12H12N2O2S. The number of carbonyl (C=O) groups is 2. The molecule has 1 aromatic rings. The van der Waals surface area contributed by atoms with Gasteiger partial charge in [0.1, 0.15) is 0 Å². The number of hydrogen-bond acceptors (Lipinski definition) is 4. The van der Waals surface area contributed by atoms with Crippen molar-refractivity contribution in [3.8, 4) is 0 Å². The third-order valence-corrected chi connectivity index (χ3v) is 4.24. The van der Waals surface area contributed by atoms with Gasteiger partial charge in [-0.15, -0.1) is 11.3 Å². The molecule has 3 atom stereocenters. The van der Waals surface area contributed by atoms with Crippen LogP contribution in [0.25, 0.3) is 0 Å². The highest BCUT2D eigenvalue weighted by Gasteiger charge is 2.51. The van der Waals surface area contributed by atoms with Gasteiger partial charge in [-0.3, -0.25) is 9.59 Å². The van der Waals surface area contributed by atoms with Crippen LogP contribution in [0.3, 0.4) is 0 Å². The molecule has 2 aliphatic rings. The number of thiazole rings is 1. The number of amides is 2. The van der Waals surface area contributed by atoms with Gasteiger partial charge in [-0.25, -0.2) is 9.88 Å². The van der Waals surface area contributed by atoms with E-state index < -0.39 is 0 Å². The van der Waals surface area contributed by atoms with Crippen LogP contribution in [0, 0.1) is 17.8 Å². The van der Waals surface area contributed by atoms with Gasteiger partial charge < -0.3 is 0 Å². The van der Waals surface area contributed by atoms with Crippen molar-refractivity contribution in [2.75, 3.05) is 4.90 Å². The molecule has 1 aliphatic heterocycles. The smallest absolute Gasteiger partial charge is 0.240 e. The number of anilines is 1. The summed E-state index contributed by atoms with van der Waals surface area (Å²) >= 11 is 1.33. The molecule has 2 amide bonds. The standard InChI is InChI=1S/C12H12N2O2S/c1-7-3-2-4-8-9(7)11(16)14(10(8)15)12-13-5-6-17-12/h2-3,5-9H,4H2,1H3/t7-,8+,9-/m1/s1. The first kappa shape index (κ1) is 10.7. The zero-order valence-corrected chi connectivity index (χ0v) is 10.2. The lowest BCUT2D eigenvalue weighted by atomic mass is 9.78. The minimum Gasteiger partial charge on any atom is -0.274 e. The minimum atomic E-state index is -0.198. The molecule has 1 aromatic heterocycles. The summed E-state index contributed by atoms with van der Waals surface area (Å²) in [5.74, 6) is -0.434. The van der Waals surface area contributed by atoms with E-state index in [1.54, 1.807) is 11.6 Å². The lowest BCUT2D eigenvalue weighted by Gasteiger charge is -2.22. The molecule has 1 fully saturated rings. The predicted octanol–water partition coefficient (Wildman–Crippen LogP) is 1.84. The minimum absolute atomic E-state index is 0.0909. The van der Waals surface area contributed by atoms with Crippen LogP contribution >= 0.6 is 11.3 Å². The van der Waals surface area contributed by atoms with E-state index in [9.17, 15) is 9.59 Å². The fourth-order valence-electron chi connectivity index (χ4n) is 2.66. The summed E-state index contributed by atoms with van der Waals surface area (Å²) in [6, 6.07) is 0. The van der Waals surface area contributed by atoms with Gasteiger partial charge in [-0.2, -0.15) is 0 Å². The first-order valence-electron chi connectivity index (χ1n) is 5.64.